The Morgan fingerprint density at radius 1 is 0.972 bits per heavy atom. The van der Waals surface area contributed by atoms with Gasteiger partial charge in [-0.2, -0.15) is 4.31 Å². The highest BCUT2D eigenvalue weighted by Crippen LogP contribution is 2.40. The number of rotatable bonds is 5. The molecule has 2 aromatic carbocycles. The Hall–Kier alpha value is -2.23. The van der Waals surface area contributed by atoms with Gasteiger partial charge >= 0.3 is 0 Å². The number of benzene rings is 2. The molecule has 190 valence electrons. The minimum atomic E-state index is -3.62. The Morgan fingerprint density at radius 3 is 2.36 bits per heavy atom. The average Bonchev–Trinajstić information content (AvgIpc) is 3.37. The lowest BCUT2D eigenvalue weighted by Gasteiger charge is -2.42. The molecule has 1 amide bonds. The maximum absolute atomic E-state index is 13.7. The van der Waals surface area contributed by atoms with Gasteiger partial charge < -0.3 is 4.90 Å². The number of piperazine rings is 1. The molecule has 6 nitrogen and oxygen atoms in total. The molecule has 0 spiro atoms. The Kier molecular flexibility index (Phi) is 7.25. The highest BCUT2D eigenvalue weighted by molar-refractivity contribution is 7.89. The number of aryl methyl sites for hydroxylation is 1. The zero-order valence-electron chi connectivity index (χ0n) is 20.4. The van der Waals surface area contributed by atoms with Crippen molar-refractivity contribution in [3.63, 3.8) is 0 Å². The SMILES string of the molecule is Cc1ccccc1[C@@H]1c2ccsc2CCN1[C@H](C)C(=O)N1CCN(S(=O)(=O)c2ccc(Cl)cc2)CC1. The number of carbonyl (C=O) groups is 1. The van der Waals surface area contributed by atoms with Gasteiger partial charge in [-0.25, -0.2) is 8.42 Å². The van der Waals surface area contributed by atoms with Crippen LogP contribution in [0, 0.1) is 6.92 Å². The van der Waals surface area contributed by atoms with Crippen molar-refractivity contribution >= 4 is 38.9 Å². The Balaban J connectivity index is 1.32. The van der Waals surface area contributed by atoms with Gasteiger partial charge in [-0.15, -0.1) is 11.3 Å². The van der Waals surface area contributed by atoms with E-state index < -0.39 is 10.0 Å². The van der Waals surface area contributed by atoms with E-state index >= 15 is 0 Å². The standard InChI is InChI=1S/C27H30ClN3O3S2/c1-19-5-3-4-6-23(19)26-24-12-18-35-25(24)11-13-31(26)20(2)27(32)29-14-16-30(17-15-29)36(33,34)22-9-7-21(28)8-10-22/h3-10,12,18,20,26H,11,13-17H2,1-2H3/t20-,26-/m1/s1. The van der Waals surface area contributed by atoms with Crippen molar-refractivity contribution in [2.75, 3.05) is 32.7 Å². The molecule has 0 bridgehead atoms. The van der Waals surface area contributed by atoms with Crippen LogP contribution in [0.2, 0.25) is 5.02 Å². The third-order valence-corrected chi connectivity index (χ3v) is 10.5. The number of hydrogen-bond acceptors (Lipinski definition) is 5. The van der Waals surface area contributed by atoms with Gasteiger partial charge in [0.15, 0.2) is 0 Å². The van der Waals surface area contributed by atoms with Gasteiger partial charge in [0.1, 0.15) is 0 Å². The van der Waals surface area contributed by atoms with E-state index in [0.717, 1.165) is 13.0 Å². The predicted octanol–water partition coefficient (Wildman–Crippen LogP) is 4.58. The molecule has 0 unspecified atom stereocenters. The number of thiophene rings is 1. The first-order valence-corrected chi connectivity index (χ1v) is 14.9. The number of hydrogen-bond donors (Lipinski definition) is 0. The maximum atomic E-state index is 13.7. The molecule has 0 aliphatic carbocycles. The van der Waals surface area contributed by atoms with Gasteiger partial charge in [-0.1, -0.05) is 35.9 Å². The van der Waals surface area contributed by atoms with E-state index in [9.17, 15) is 13.2 Å². The minimum Gasteiger partial charge on any atom is -0.339 e. The number of sulfonamides is 1. The summed E-state index contributed by atoms with van der Waals surface area (Å²) >= 11 is 7.71. The molecule has 0 radical (unpaired) electrons. The van der Waals surface area contributed by atoms with Gasteiger partial charge in [-0.05, 0) is 72.7 Å². The van der Waals surface area contributed by atoms with Crippen LogP contribution in [0.5, 0.6) is 0 Å². The van der Waals surface area contributed by atoms with Crippen molar-refractivity contribution in [3.8, 4) is 0 Å². The van der Waals surface area contributed by atoms with E-state index in [1.807, 2.05) is 17.9 Å². The van der Waals surface area contributed by atoms with Crippen molar-refractivity contribution in [3.05, 3.63) is 86.6 Å². The number of fused-ring (bicyclic) bond motifs is 1. The molecule has 1 saturated heterocycles. The van der Waals surface area contributed by atoms with Gasteiger partial charge in [0.05, 0.1) is 17.0 Å². The highest BCUT2D eigenvalue weighted by atomic mass is 35.5. The van der Waals surface area contributed by atoms with Crippen molar-refractivity contribution in [2.45, 2.75) is 37.2 Å². The number of nitrogens with zero attached hydrogens (tertiary/aromatic N) is 3. The zero-order valence-corrected chi connectivity index (χ0v) is 22.8. The van der Waals surface area contributed by atoms with E-state index in [-0.39, 0.29) is 36.0 Å². The summed E-state index contributed by atoms with van der Waals surface area (Å²) in [6.45, 7) is 6.23. The lowest BCUT2D eigenvalue weighted by Crippen LogP contribution is -2.56. The summed E-state index contributed by atoms with van der Waals surface area (Å²) < 4.78 is 27.6. The van der Waals surface area contributed by atoms with Crippen LogP contribution in [-0.4, -0.2) is 67.2 Å². The lowest BCUT2D eigenvalue weighted by atomic mass is 9.89. The van der Waals surface area contributed by atoms with Crippen molar-refractivity contribution < 1.29 is 13.2 Å². The highest BCUT2D eigenvalue weighted by Gasteiger charge is 2.38. The van der Waals surface area contributed by atoms with Crippen LogP contribution in [0.3, 0.4) is 0 Å². The van der Waals surface area contributed by atoms with Crippen LogP contribution in [0.15, 0.2) is 64.9 Å². The van der Waals surface area contributed by atoms with E-state index in [2.05, 4.69) is 41.5 Å². The fourth-order valence-corrected chi connectivity index (χ4v) is 7.76. The molecular formula is C27H30ClN3O3S2. The van der Waals surface area contributed by atoms with E-state index in [1.54, 1.807) is 23.5 Å². The Bertz CT molecular complexity index is 1350. The quantitative estimate of drug-likeness (QED) is 0.472. The van der Waals surface area contributed by atoms with Gasteiger partial charge in [0, 0.05) is 42.6 Å². The van der Waals surface area contributed by atoms with Crippen molar-refractivity contribution in [2.24, 2.45) is 0 Å². The van der Waals surface area contributed by atoms with E-state index in [0.29, 0.717) is 18.1 Å². The third kappa shape index (κ3) is 4.73. The second-order valence-corrected chi connectivity index (χ2v) is 12.8. The molecule has 2 atom stereocenters. The van der Waals surface area contributed by atoms with Gasteiger partial charge in [-0.3, -0.25) is 9.69 Å². The maximum Gasteiger partial charge on any atom is 0.243 e. The summed E-state index contributed by atoms with van der Waals surface area (Å²) in [5.74, 6) is 0.0517. The lowest BCUT2D eigenvalue weighted by molar-refractivity contribution is -0.138. The first-order chi connectivity index (χ1) is 17.3. The molecule has 2 aliphatic rings. The van der Waals surface area contributed by atoms with Crippen LogP contribution in [0.4, 0.5) is 0 Å². The summed E-state index contributed by atoms with van der Waals surface area (Å²) in [5.41, 5.74) is 3.74. The smallest absolute Gasteiger partial charge is 0.243 e. The molecule has 5 rings (SSSR count). The number of carbonyl (C=O) groups excluding carboxylic acids is 1. The largest absolute Gasteiger partial charge is 0.339 e. The molecule has 2 aliphatic heterocycles. The van der Waals surface area contributed by atoms with E-state index in [1.165, 1.54) is 38.0 Å². The number of amides is 1. The van der Waals surface area contributed by atoms with Gasteiger partial charge in [0.2, 0.25) is 15.9 Å². The first kappa shape index (κ1) is 25.4. The Morgan fingerprint density at radius 2 is 1.67 bits per heavy atom. The first-order valence-electron chi connectivity index (χ1n) is 12.2. The predicted molar refractivity (Wildman–Crippen MR) is 144 cm³/mol. The molecular weight excluding hydrogens is 514 g/mol. The molecule has 1 fully saturated rings. The van der Waals surface area contributed by atoms with E-state index in [4.69, 9.17) is 11.6 Å². The summed E-state index contributed by atoms with van der Waals surface area (Å²) in [6, 6.07) is 16.5. The average molecular weight is 544 g/mol. The second kappa shape index (κ2) is 10.3. The molecule has 3 heterocycles. The summed E-state index contributed by atoms with van der Waals surface area (Å²) in [4.78, 5) is 19.4. The Labute approximate surface area is 222 Å². The second-order valence-electron chi connectivity index (χ2n) is 9.41. The molecule has 1 aromatic heterocycles. The normalized spacial score (nSPS) is 20.2. The molecule has 36 heavy (non-hydrogen) atoms. The van der Waals surface area contributed by atoms with Crippen LogP contribution in [-0.2, 0) is 21.2 Å². The molecule has 0 saturated carbocycles. The monoisotopic (exact) mass is 543 g/mol. The van der Waals surface area contributed by atoms with Crippen LogP contribution >= 0.6 is 22.9 Å². The minimum absolute atomic E-state index is 0.0340. The summed E-state index contributed by atoms with van der Waals surface area (Å²) in [5, 5.41) is 2.64. The van der Waals surface area contributed by atoms with Gasteiger partial charge in [0.25, 0.3) is 0 Å². The fraction of sp³-hybridized carbons (Fsp3) is 0.370. The van der Waals surface area contributed by atoms with Crippen LogP contribution < -0.4 is 0 Å². The van der Waals surface area contributed by atoms with Crippen LogP contribution in [0.25, 0.3) is 0 Å². The third-order valence-electron chi connectivity index (χ3n) is 7.34. The summed E-state index contributed by atoms with van der Waals surface area (Å²) in [6.07, 6.45) is 0.931. The molecule has 9 heteroatoms. The van der Waals surface area contributed by atoms with Crippen molar-refractivity contribution in [1.82, 2.24) is 14.1 Å². The molecule has 3 aromatic rings. The summed E-state index contributed by atoms with van der Waals surface area (Å²) in [7, 11) is -3.62. The molecule has 0 N–H and O–H groups in total. The van der Waals surface area contributed by atoms with Crippen LogP contribution in [0.1, 0.15) is 34.5 Å². The number of halogens is 1. The van der Waals surface area contributed by atoms with Crippen molar-refractivity contribution in [1.29, 1.82) is 0 Å². The topological polar surface area (TPSA) is 60.9 Å². The zero-order chi connectivity index (χ0) is 25.4. The fourth-order valence-electron chi connectivity index (χ4n) is 5.30.